The van der Waals surface area contributed by atoms with E-state index in [4.69, 9.17) is 10.5 Å². The second kappa shape index (κ2) is 5.15. The van der Waals surface area contributed by atoms with E-state index < -0.39 is 0 Å². The number of nitrogens with two attached hydrogens (primary N) is 1. The van der Waals surface area contributed by atoms with Crippen LogP contribution >= 0.6 is 0 Å². The van der Waals surface area contributed by atoms with E-state index in [1.54, 1.807) is 0 Å². The predicted molar refractivity (Wildman–Crippen MR) is 61.9 cm³/mol. The number of ether oxygens (including phenoxy) is 1. The van der Waals surface area contributed by atoms with Gasteiger partial charge in [0.2, 0.25) is 5.91 Å². The monoisotopic (exact) mass is 226 g/mol. The lowest BCUT2D eigenvalue weighted by Crippen LogP contribution is -2.50. The summed E-state index contributed by atoms with van der Waals surface area (Å²) in [6, 6.07) is 0.206. The van der Waals surface area contributed by atoms with Gasteiger partial charge in [0.1, 0.15) is 0 Å². The van der Waals surface area contributed by atoms with E-state index >= 15 is 0 Å². The Balaban J connectivity index is 1.94. The Bertz CT molecular complexity index is 243. The summed E-state index contributed by atoms with van der Waals surface area (Å²) in [5.74, 6) is 0.158. The molecule has 2 fully saturated rings. The topological polar surface area (TPSA) is 64.4 Å². The van der Waals surface area contributed by atoms with E-state index in [0.29, 0.717) is 13.2 Å². The maximum absolute atomic E-state index is 12.3. The van der Waals surface area contributed by atoms with Crippen molar-refractivity contribution in [3.63, 3.8) is 0 Å². The third-order valence-electron chi connectivity index (χ3n) is 3.95. The van der Waals surface area contributed by atoms with Crippen molar-refractivity contribution in [2.24, 2.45) is 11.1 Å². The SMILES string of the molecule is NCC1(C(=O)NC2CCOC2)CCCCC1. The minimum absolute atomic E-state index is 0.158. The Labute approximate surface area is 96.9 Å². The summed E-state index contributed by atoms with van der Waals surface area (Å²) in [5, 5.41) is 3.10. The second-order valence-electron chi connectivity index (χ2n) is 5.08. The number of carbonyl (C=O) groups excluding carboxylic acids is 1. The summed E-state index contributed by atoms with van der Waals surface area (Å²) < 4.78 is 5.27. The fraction of sp³-hybridized carbons (Fsp3) is 0.917. The van der Waals surface area contributed by atoms with Gasteiger partial charge < -0.3 is 15.8 Å². The first-order chi connectivity index (χ1) is 7.77. The predicted octanol–water partition coefficient (Wildman–Crippen LogP) is 0.801. The number of amides is 1. The van der Waals surface area contributed by atoms with Gasteiger partial charge in [0, 0.05) is 13.2 Å². The molecule has 2 aliphatic rings. The summed E-state index contributed by atoms with van der Waals surface area (Å²) in [6.07, 6.45) is 6.33. The third kappa shape index (κ3) is 2.38. The molecule has 1 heterocycles. The van der Waals surface area contributed by atoms with Gasteiger partial charge in [-0.05, 0) is 19.3 Å². The Morgan fingerprint density at radius 2 is 2.12 bits per heavy atom. The normalized spacial score (nSPS) is 28.9. The molecule has 0 aromatic rings. The molecule has 1 saturated heterocycles. The molecule has 0 spiro atoms. The molecular formula is C12H22N2O2. The maximum Gasteiger partial charge on any atom is 0.227 e. The van der Waals surface area contributed by atoms with Gasteiger partial charge in [0.25, 0.3) is 0 Å². The van der Waals surface area contributed by atoms with Crippen molar-refractivity contribution in [3.05, 3.63) is 0 Å². The van der Waals surface area contributed by atoms with Crippen molar-refractivity contribution >= 4 is 5.91 Å². The zero-order valence-corrected chi connectivity index (χ0v) is 9.84. The van der Waals surface area contributed by atoms with E-state index in [1.807, 2.05) is 0 Å². The molecule has 0 aromatic heterocycles. The Morgan fingerprint density at radius 3 is 2.69 bits per heavy atom. The van der Waals surface area contributed by atoms with E-state index in [-0.39, 0.29) is 17.4 Å². The summed E-state index contributed by atoms with van der Waals surface area (Å²) in [7, 11) is 0. The Hall–Kier alpha value is -0.610. The minimum atomic E-state index is -0.291. The van der Waals surface area contributed by atoms with Gasteiger partial charge in [0.15, 0.2) is 0 Å². The van der Waals surface area contributed by atoms with Crippen LogP contribution < -0.4 is 11.1 Å². The van der Waals surface area contributed by atoms with E-state index in [0.717, 1.165) is 38.7 Å². The third-order valence-corrected chi connectivity index (χ3v) is 3.95. The number of hydrogen-bond donors (Lipinski definition) is 2. The van der Waals surface area contributed by atoms with E-state index in [9.17, 15) is 4.79 Å². The van der Waals surface area contributed by atoms with Crippen molar-refractivity contribution in [2.45, 2.75) is 44.6 Å². The summed E-state index contributed by atoms with van der Waals surface area (Å²) >= 11 is 0. The number of hydrogen-bond acceptors (Lipinski definition) is 3. The molecule has 0 bridgehead atoms. The molecular weight excluding hydrogens is 204 g/mol. The second-order valence-corrected chi connectivity index (χ2v) is 5.08. The van der Waals surface area contributed by atoms with Crippen molar-refractivity contribution < 1.29 is 9.53 Å². The smallest absolute Gasteiger partial charge is 0.227 e. The molecule has 1 unspecified atom stereocenters. The lowest BCUT2D eigenvalue weighted by molar-refractivity contribution is -0.133. The van der Waals surface area contributed by atoms with E-state index in [1.165, 1.54) is 6.42 Å². The first kappa shape index (κ1) is 11.9. The van der Waals surface area contributed by atoms with Crippen LogP contribution in [-0.4, -0.2) is 31.7 Å². The molecule has 3 N–H and O–H groups in total. The minimum Gasteiger partial charge on any atom is -0.379 e. The van der Waals surface area contributed by atoms with E-state index in [2.05, 4.69) is 5.32 Å². The highest BCUT2D eigenvalue weighted by Gasteiger charge is 2.39. The van der Waals surface area contributed by atoms with Crippen LogP contribution in [0.1, 0.15) is 38.5 Å². The van der Waals surface area contributed by atoms with Crippen LogP contribution in [0, 0.1) is 5.41 Å². The van der Waals surface area contributed by atoms with Crippen LogP contribution in [-0.2, 0) is 9.53 Å². The number of carbonyl (C=O) groups is 1. The average molecular weight is 226 g/mol. The van der Waals surface area contributed by atoms with Crippen LogP contribution in [0.15, 0.2) is 0 Å². The van der Waals surface area contributed by atoms with Crippen molar-refractivity contribution in [3.8, 4) is 0 Å². The number of rotatable bonds is 3. The molecule has 16 heavy (non-hydrogen) atoms. The molecule has 1 saturated carbocycles. The molecule has 1 amide bonds. The lowest BCUT2D eigenvalue weighted by Gasteiger charge is -2.35. The highest BCUT2D eigenvalue weighted by atomic mass is 16.5. The maximum atomic E-state index is 12.3. The van der Waals surface area contributed by atoms with Crippen LogP contribution in [0.25, 0.3) is 0 Å². The molecule has 92 valence electrons. The highest BCUT2D eigenvalue weighted by molar-refractivity contribution is 5.83. The summed E-state index contributed by atoms with van der Waals surface area (Å²) in [4.78, 5) is 12.3. The van der Waals surface area contributed by atoms with Crippen LogP contribution in [0.4, 0.5) is 0 Å². The standard InChI is InChI=1S/C12H22N2O2/c13-9-12(5-2-1-3-6-12)11(15)14-10-4-7-16-8-10/h10H,1-9,13H2,(H,14,15). The average Bonchev–Trinajstić information content (AvgIpc) is 2.82. The van der Waals surface area contributed by atoms with Gasteiger partial charge in [-0.2, -0.15) is 0 Å². The zero-order chi connectivity index (χ0) is 11.4. The molecule has 0 aromatic carbocycles. The van der Waals surface area contributed by atoms with Gasteiger partial charge in [0.05, 0.1) is 18.1 Å². The van der Waals surface area contributed by atoms with Gasteiger partial charge in [-0.3, -0.25) is 4.79 Å². The fourth-order valence-corrected chi connectivity index (χ4v) is 2.74. The van der Waals surface area contributed by atoms with Crippen molar-refractivity contribution in [1.29, 1.82) is 0 Å². The zero-order valence-electron chi connectivity index (χ0n) is 9.84. The number of nitrogens with one attached hydrogen (secondary N) is 1. The Morgan fingerprint density at radius 1 is 1.38 bits per heavy atom. The first-order valence-electron chi connectivity index (χ1n) is 6.36. The molecule has 1 aliphatic carbocycles. The quantitative estimate of drug-likeness (QED) is 0.748. The van der Waals surface area contributed by atoms with Gasteiger partial charge in [-0.1, -0.05) is 19.3 Å². The Kier molecular flexibility index (Phi) is 3.82. The molecule has 1 aliphatic heterocycles. The van der Waals surface area contributed by atoms with Gasteiger partial charge >= 0.3 is 0 Å². The van der Waals surface area contributed by atoms with Crippen LogP contribution in [0.3, 0.4) is 0 Å². The molecule has 4 heteroatoms. The largest absolute Gasteiger partial charge is 0.379 e. The first-order valence-corrected chi connectivity index (χ1v) is 6.36. The van der Waals surface area contributed by atoms with Gasteiger partial charge in [-0.15, -0.1) is 0 Å². The molecule has 1 atom stereocenters. The fourth-order valence-electron chi connectivity index (χ4n) is 2.74. The highest BCUT2D eigenvalue weighted by Crippen LogP contribution is 2.35. The van der Waals surface area contributed by atoms with Crippen molar-refractivity contribution in [2.75, 3.05) is 19.8 Å². The lowest BCUT2D eigenvalue weighted by atomic mass is 9.73. The molecule has 2 rings (SSSR count). The summed E-state index contributed by atoms with van der Waals surface area (Å²) in [5.41, 5.74) is 5.53. The van der Waals surface area contributed by atoms with Crippen LogP contribution in [0.2, 0.25) is 0 Å². The molecule has 0 radical (unpaired) electrons. The van der Waals surface area contributed by atoms with Crippen LogP contribution in [0.5, 0.6) is 0 Å². The van der Waals surface area contributed by atoms with Gasteiger partial charge in [-0.25, -0.2) is 0 Å². The summed E-state index contributed by atoms with van der Waals surface area (Å²) in [6.45, 7) is 1.90. The molecule has 4 nitrogen and oxygen atoms in total. The van der Waals surface area contributed by atoms with Crippen molar-refractivity contribution in [1.82, 2.24) is 5.32 Å².